The summed E-state index contributed by atoms with van der Waals surface area (Å²) in [7, 11) is 0. The second-order valence-corrected chi connectivity index (χ2v) is 8.17. The third-order valence-corrected chi connectivity index (χ3v) is 5.67. The normalized spacial score (nSPS) is 10.9. The number of nitrogens with one attached hydrogen (secondary N) is 1. The summed E-state index contributed by atoms with van der Waals surface area (Å²) < 4.78 is 9.62. The van der Waals surface area contributed by atoms with E-state index in [1.807, 2.05) is 6.07 Å². The maximum atomic E-state index is 12.2. The molecule has 0 saturated carbocycles. The van der Waals surface area contributed by atoms with Gasteiger partial charge in [0, 0.05) is 23.8 Å². The molecule has 0 saturated heterocycles. The summed E-state index contributed by atoms with van der Waals surface area (Å²) in [6, 6.07) is 6.94. The minimum Gasteiger partial charge on any atom is -0.470 e. The average Bonchev–Trinajstić information content (AvgIpc) is 3.25. The Bertz CT molecular complexity index is 1020. The van der Waals surface area contributed by atoms with Crippen molar-refractivity contribution in [3.8, 4) is 5.75 Å². The number of nitrogens with zero attached hydrogens (tertiary/aromatic N) is 4. The van der Waals surface area contributed by atoms with Gasteiger partial charge in [0.2, 0.25) is 0 Å². The van der Waals surface area contributed by atoms with Crippen molar-refractivity contribution in [3.63, 3.8) is 0 Å². The second kappa shape index (κ2) is 9.84. The Morgan fingerprint density at radius 3 is 2.72 bits per heavy atom. The van der Waals surface area contributed by atoms with Crippen LogP contribution in [0.25, 0.3) is 0 Å². The number of aryl methyl sites for hydroxylation is 2. The lowest BCUT2D eigenvalue weighted by atomic mass is 10.3. The zero-order valence-corrected chi connectivity index (χ0v) is 19.2. The van der Waals surface area contributed by atoms with Crippen LogP contribution in [0, 0.1) is 6.92 Å². The van der Waals surface area contributed by atoms with E-state index in [2.05, 4.69) is 31.4 Å². The molecule has 29 heavy (non-hydrogen) atoms. The van der Waals surface area contributed by atoms with Crippen molar-refractivity contribution in [1.29, 1.82) is 0 Å². The fraction of sp³-hybridized carbons (Fsp3) is 0.278. The lowest BCUT2D eigenvalue weighted by molar-refractivity contribution is 0.0945. The maximum absolute atomic E-state index is 12.2. The molecule has 0 atom stereocenters. The van der Waals surface area contributed by atoms with Crippen molar-refractivity contribution in [1.82, 2.24) is 24.9 Å². The Kier molecular flexibility index (Phi) is 7.45. The molecule has 1 aromatic carbocycles. The van der Waals surface area contributed by atoms with E-state index >= 15 is 0 Å². The average molecular weight is 522 g/mol. The number of halogens is 4. The monoisotopic (exact) mass is 519 g/mol. The molecule has 0 aliphatic carbocycles. The molecular weight excluding hydrogens is 504 g/mol. The van der Waals surface area contributed by atoms with Crippen molar-refractivity contribution in [3.05, 3.63) is 61.5 Å². The Balaban J connectivity index is 1.45. The van der Waals surface area contributed by atoms with Gasteiger partial charge in [0.25, 0.3) is 5.91 Å². The van der Waals surface area contributed by atoms with Crippen LogP contribution in [0.1, 0.15) is 22.6 Å². The van der Waals surface area contributed by atoms with Crippen LogP contribution in [0.15, 0.2) is 34.9 Å². The van der Waals surface area contributed by atoms with Gasteiger partial charge in [0.15, 0.2) is 6.73 Å². The van der Waals surface area contributed by atoms with Crippen LogP contribution in [0.2, 0.25) is 15.2 Å². The Morgan fingerprint density at radius 2 is 2.03 bits per heavy atom. The molecular formula is C18H17BrCl3N5O2. The van der Waals surface area contributed by atoms with Gasteiger partial charge in [-0.1, -0.05) is 50.7 Å². The fourth-order valence-corrected chi connectivity index (χ4v) is 3.61. The van der Waals surface area contributed by atoms with E-state index in [1.165, 1.54) is 4.68 Å². The second-order valence-electron chi connectivity index (χ2n) is 6.11. The van der Waals surface area contributed by atoms with E-state index in [-0.39, 0.29) is 12.6 Å². The first kappa shape index (κ1) is 22.0. The lowest BCUT2D eigenvalue weighted by Crippen LogP contribution is -2.26. The number of rotatable bonds is 8. The van der Waals surface area contributed by atoms with Crippen molar-refractivity contribution >= 4 is 56.6 Å². The van der Waals surface area contributed by atoms with E-state index in [0.717, 1.165) is 4.47 Å². The van der Waals surface area contributed by atoms with Gasteiger partial charge in [-0.15, -0.1) is 0 Å². The van der Waals surface area contributed by atoms with Gasteiger partial charge in [-0.2, -0.15) is 10.2 Å². The number of hydrogen-bond acceptors (Lipinski definition) is 4. The van der Waals surface area contributed by atoms with Gasteiger partial charge < -0.3 is 10.1 Å². The molecule has 2 aromatic heterocycles. The lowest BCUT2D eigenvalue weighted by Gasteiger charge is -2.08. The van der Waals surface area contributed by atoms with Crippen molar-refractivity contribution in [2.75, 3.05) is 6.54 Å². The highest BCUT2D eigenvalue weighted by Crippen LogP contribution is 2.28. The highest BCUT2D eigenvalue weighted by atomic mass is 79.9. The molecule has 0 unspecified atom stereocenters. The molecule has 11 heteroatoms. The Morgan fingerprint density at radius 1 is 1.24 bits per heavy atom. The summed E-state index contributed by atoms with van der Waals surface area (Å²) >= 11 is 21.6. The van der Waals surface area contributed by atoms with Crippen LogP contribution >= 0.6 is 50.7 Å². The molecule has 7 nitrogen and oxygen atoms in total. The van der Waals surface area contributed by atoms with E-state index < -0.39 is 0 Å². The smallest absolute Gasteiger partial charge is 0.271 e. The summed E-state index contributed by atoms with van der Waals surface area (Å²) in [5, 5.41) is 12.6. The van der Waals surface area contributed by atoms with Crippen LogP contribution in [-0.4, -0.2) is 32.0 Å². The summed E-state index contributed by atoms with van der Waals surface area (Å²) in [5.74, 6) is 0.259. The molecule has 2 heterocycles. The van der Waals surface area contributed by atoms with Crippen LogP contribution in [0.5, 0.6) is 5.75 Å². The molecule has 3 aromatic rings. The number of ether oxygens (including phenoxy) is 1. The molecule has 154 valence electrons. The van der Waals surface area contributed by atoms with E-state index in [9.17, 15) is 4.79 Å². The van der Waals surface area contributed by atoms with Gasteiger partial charge in [0.05, 0.1) is 10.7 Å². The van der Waals surface area contributed by atoms with Crippen molar-refractivity contribution in [2.45, 2.75) is 26.6 Å². The quantitative estimate of drug-likeness (QED) is 0.425. The number of benzene rings is 1. The minimum absolute atomic E-state index is 0.131. The van der Waals surface area contributed by atoms with Gasteiger partial charge in [-0.05, 0) is 37.6 Å². The van der Waals surface area contributed by atoms with E-state index in [4.69, 9.17) is 39.5 Å². The summed E-state index contributed by atoms with van der Waals surface area (Å²) in [4.78, 5) is 12.2. The Labute approximate surface area is 191 Å². The summed E-state index contributed by atoms with van der Waals surface area (Å²) in [6.07, 6.45) is 2.31. The summed E-state index contributed by atoms with van der Waals surface area (Å²) in [6.45, 7) is 2.91. The molecule has 0 aliphatic rings. The van der Waals surface area contributed by atoms with E-state index in [0.29, 0.717) is 51.8 Å². The first-order valence-corrected chi connectivity index (χ1v) is 10.6. The highest BCUT2D eigenvalue weighted by Gasteiger charge is 2.12. The van der Waals surface area contributed by atoms with Crippen LogP contribution < -0.4 is 10.1 Å². The number of carbonyl (C=O) groups is 1. The van der Waals surface area contributed by atoms with Gasteiger partial charge in [0.1, 0.15) is 21.6 Å². The number of aromatic nitrogens is 4. The molecule has 0 aliphatic heterocycles. The standard InChI is InChI=1S/C18H17BrCl3N5O2/c1-11-16(21)17(22)27(24-11)7-2-6-23-18(28)14-5-8-26(25-14)10-29-15-4-3-12(19)9-13(15)20/h3-5,8-9H,2,6-7,10H2,1H3,(H,23,28). The number of amides is 1. The zero-order valence-electron chi connectivity index (χ0n) is 15.3. The van der Waals surface area contributed by atoms with Gasteiger partial charge in [-0.25, -0.2) is 4.68 Å². The maximum Gasteiger partial charge on any atom is 0.271 e. The predicted molar refractivity (Wildman–Crippen MR) is 116 cm³/mol. The van der Waals surface area contributed by atoms with Crippen LogP contribution in [-0.2, 0) is 13.3 Å². The first-order valence-electron chi connectivity index (χ1n) is 8.63. The van der Waals surface area contributed by atoms with Crippen molar-refractivity contribution in [2.24, 2.45) is 0 Å². The highest BCUT2D eigenvalue weighted by molar-refractivity contribution is 9.10. The zero-order chi connectivity index (χ0) is 21.0. The third kappa shape index (κ3) is 5.66. The molecule has 1 N–H and O–H groups in total. The van der Waals surface area contributed by atoms with Crippen LogP contribution in [0.4, 0.5) is 0 Å². The SMILES string of the molecule is Cc1nn(CCCNC(=O)c2ccn(COc3ccc(Br)cc3Cl)n2)c(Cl)c1Cl. The Hall–Kier alpha value is -1.74. The summed E-state index contributed by atoms with van der Waals surface area (Å²) in [5.41, 5.74) is 0.976. The molecule has 0 radical (unpaired) electrons. The molecule has 3 rings (SSSR count). The van der Waals surface area contributed by atoms with E-state index in [1.54, 1.807) is 36.0 Å². The minimum atomic E-state index is -0.272. The molecule has 0 spiro atoms. The molecule has 0 bridgehead atoms. The number of hydrogen-bond donors (Lipinski definition) is 1. The van der Waals surface area contributed by atoms with Crippen molar-refractivity contribution < 1.29 is 9.53 Å². The predicted octanol–water partition coefficient (Wildman–Crippen LogP) is 4.97. The first-order chi connectivity index (χ1) is 13.8. The van der Waals surface area contributed by atoms with Crippen LogP contribution in [0.3, 0.4) is 0 Å². The molecule has 1 amide bonds. The van der Waals surface area contributed by atoms with Gasteiger partial charge in [-0.3, -0.25) is 9.48 Å². The number of carbonyl (C=O) groups excluding carboxylic acids is 1. The third-order valence-electron chi connectivity index (χ3n) is 3.95. The molecule has 0 fully saturated rings. The topological polar surface area (TPSA) is 74.0 Å². The largest absolute Gasteiger partial charge is 0.470 e. The van der Waals surface area contributed by atoms with Gasteiger partial charge >= 0.3 is 0 Å². The fourth-order valence-electron chi connectivity index (χ4n) is 2.48.